The van der Waals surface area contributed by atoms with E-state index in [0.29, 0.717) is 11.5 Å². The van der Waals surface area contributed by atoms with E-state index < -0.39 is 6.10 Å². The quantitative estimate of drug-likeness (QED) is 0.523. The zero-order valence-corrected chi connectivity index (χ0v) is 11.0. The lowest BCUT2D eigenvalue weighted by Crippen LogP contribution is -2.19. The molecule has 1 rings (SSSR count). The van der Waals surface area contributed by atoms with Gasteiger partial charge in [0.25, 0.3) is 0 Å². The van der Waals surface area contributed by atoms with Gasteiger partial charge in [-0.1, -0.05) is 0 Å². The summed E-state index contributed by atoms with van der Waals surface area (Å²) in [6.45, 7) is -0.198. The third kappa shape index (κ3) is 7.76. The first-order valence-corrected chi connectivity index (χ1v) is 8.32. The maximum absolute atomic E-state index is 9.58. The lowest BCUT2D eigenvalue weighted by molar-refractivity contribution is 0.113. The highest BCUT2D eigenvalue weighted by molar-refractivity contribution is 8.08. The summed E-state index contributed by atoms with van der Waals surface area (Å²) in [4.78, 5) is 0. The summed E-state index contributed by atoms with van der Waals surface area (Å²) in [5.41, 5.74) is 0. The van der Waals surface area contributed by atoms with Gasteiger partial charge in [-0.3, -0.25) is 0 Å². The van der Waals surface area contributed by atoms with E-state index in [1.807, 2.05) is 11.8 Å². The predicted molar refractivity (Wildman–Crippen MR) is 70.0 cm³/mol. The van der Waals surface area contributed by atoms with Crippen molar-refractivity contribution in [1.82, 2.24) is 0 Å². The molecule has 1 fully saturated rings. The smallest absolute Gasteiger partial charge is 0.0861 e. The van der Waals surface area contributed by atoms with Crippen LogP contribution in [-0.2, 0) is 0 Å². The summed E-state index contributed by atoms with van der Waals surface area (Å²) in [6, 6.07) is 0. The van der Waals surface area contributed by atoms with E-state index in [1.54, 1.807) is 11.8 Å². The van der Waals surface area contributed by atoms with Crippen molar-refractivity contribution >= 4 is 35.3 Å². The fourth-order valence-electron chi connectivity index (χ4n) is 0.941. The molecule has 3 atom stereocenters. The third-order valence-corrected chi connectivity index (χ3v) is 5.53. The van der Waals surface area contributed by atoms with Gasteiger partial charge in [-0.05, 0) is 0 Å². The summed E-state index contributed by atoms with van der Waals surface area (Å²) in [5, 5.41) is 28.0. The van der Waals surface area contributed by atoms with E-state index in [1.165, 1.54) is 17.5 Å². The van der Waals surface area contributed by atoms with E-state index in [4.69, 9.17) is 10.2 Å². The first kappa shape index (κ1) is 14.0. The second kappa shape index (κ2) is 8.08. The SMILES string of the molecule is OCC(O)CSCC(O)CSCC1CS1. The standard InChI is InChI=1S/C9H18O3S3/c10-1-7(11)2-13-3-8(12)4-14-5-9-6-15-9/h7-12H,1-6H2. The Labute approximate surface area is 103 Å². The minimum Gasteiger partial charge on any atom is -0.394 e. The summed E-state index contributed by atoms with van der Waals surface area (Å²) >= 11 is 5.27. The van der Waals surface area contributed by atoms with Crippen molar-refractivity contribution in [3.63, 3.8) is 0 Å². The van der Waals surface area contributed by atoms with Gasteiger partial charge in [0.2, 0.25) is 0 Å². The molecule has 90 valence electrons. The lowest BCUT2D eigenvalue weighted by atomic mass is 10.4. The molecule has 15 heavy (non-hydrogen) atoms. The second-order valence-electron chi connectivity index (χ2n) is 3.52. The lowest BCUT2D eigenvalue weighted by Gasteiger charge is -2.11. The highest BCUT2D eigenvalue weighted by Crippen LogP contribution is 2.33. The number of aliphatic hydroxyl groups excluding tert-OH is 3. The Bertz CT molecular complexity index is 167. The van der Waals surface area contributed by atoms with E-state index in [2.05, 4.69) is 0 Å². The molecule has 6 heteroatoms. The monoisotopic (exact) mass is 270 g/mol. The first-order valence-electron chi connectivity index (χ1n) is 4.96. The van der Waals surface area contributed by atoms with Crippen LogP contribution in [0.1, 0.15) is 0 Å². The number of thioether (sulfide) groups is 3. The van der Waals surface area contributed by atoms with Gasteiger partial charge in [-0.25, -0.2) is 0 Å². The molecule has 1 aliphatic heterocycles. The van der Waals surface area contributed by atoms with Crippen LogP contribution in [0.3, 0.4) is 0 Å². The normalized spacial score (nSPS) is 23.8. The van der Waals surface area contributed by atoms with Gasteiger partial charge < -0.3 is 15.3 Å². The Hall–Kier alpha value is 0.930. The first-order chi connectivity index (χ1) is 7.22. The van der Waals surface area contributed by atoms with Gasteiger partial charge in [0, 0.05) is 34.0 Å². The molecular weight excluding hydrogens is 252 g/mol. The average molecular weight is 270 g/mol. The van der Waals surface area contributed by atoms with E-state index in [-0.39, 0.29) is 12.7 Å². The van der Waals surface area contributed by atoms with Crippen LogP contribution in [0.4, 0.5) is 0 Å². The minimum atomic E-state index is -0.655. The van der Waals surface area contributed by atoms with Crippen molar-refractivity contribution in [3.8, 4) is 0 Å². The Balaban J connectivity index is 1.85. The molecule has 0 aromatic carbocycles. The van der Waals surface area contributed by atoms with Crippen LogP contribution in [0.2, 0.25) is 0 Å². The molecule has 1 heterocycles. The molecule has 0 spiro atoms. The molecule has 0 aromatic heterocycles. The fourth-order valence-corrected chi connectivity index (χ4v) is 3.98. The van der Waals surface area contributed by atoms with Crippen LogP contribution < -0.4 is 0 Å². The van der Waals surface area contributed by atoms with Crippen molar-refractivity contribution < 1.29 is 15.3 Å². The largest absolute Gasteiger partial charge is 0.394 e. The molecule has 0 saturated carbocycles. The number of rotatable bonds is 9. The average Bonchev–Trinajstić information content (AvgIpc) is 3.01. The Morgan fingerprint density at radius 3 is 2.33 bits per heavy atom. The van der Waals surface area contributed by atoms with E-state index in [0.717, 1.165) is 16.8 Å². The number of hydrogen-bond acceptors (Lipinski definition) is 6. The topological polar surface area (TPSA) is 60.7 Å². The van der Waals surface area contributed by atoms with Crippen molar-refractivity contribution in [3.05, 3.63) is 0 Å². The summed E-state index contributed by atoms with van der Waals surface area (Å²) in [6.07, 6.45) is -0.952. The van der Waals surface area contributed by atoms with E-state index in [9.17, 15) is 5.11 Å². The van der Waals surface area contributed by atoms with Crippen molar-refractivity contribution in [2.24, 2.45) is 0 Å². The zero-order valence-electron chi connectivity index (χ0n) is 8.54. The molecule has 1 saturated heterocycles. The molecule has 1 aliphatic rings. The molecule has 0 aromatic rings. The predicted octanol–water partition coefficient (Wildman–Crippen LogP) is 0.282. The molecular formula is C9H18O3S3. The van der Waals surface area contributed by atoms with E-state index >= 15 is 0 Å². The van der Waals surface area contributed by atoms with Crippen molar-refractivity contribution in [2.75, 3.05) is 35.4 Å². The van der Waals surface area contributed by atoms with Gasteiger partial charge in [-0.2, -0.15) is 35.3 Å². The van der Waals surface area contributed by atoms with Crippen LogP contribution in [0.5, 0.6) is 0 Å². The minimum absolute atomic E-state index is 0.198. The maximum atomic E-state index is 9.58. The summed E-state index contributed by atoms with van der Waals surface area (Å²) in [7, 11) is 0. The molecule has 3 nitrogen and oxygen atoms in total. The van der Waals surface area contributed by atoms with Crippen LogP contribution in [0.15, 0.2) is 0 Å². The van der Waals surface area contributed by atoms with Gasteiger partial charge in [0.1, 0.15) is 0 Å². The maximum Gasteiger partial charge on any atom is 0.0861 e. The molecule has 0 radical (unpaired) electrons. The van der Waals surface area contributed by atoms with Gasteiger partial charge >= 0.3 is 0 Å². The molecule has 3 unspecified atom stereocenters. The van der Waals surface area contributed by atoms with Gasteiger partial charge in [0.15, 0.2) is 0 Å². The Kier molecular flexibility index (Phi) is 7.54. The highest BCUT2D eigenvalue weighted by Gasteiger charge is 2.22. The van der Waals surface area contributed by atoms with Crippen molar-refractivity contribution in [2.45, 2.75) is 17.5 Å². The molecule has 3 N–H and O–H groups in total. The Morgan fingerprint density at radius 2 is 1.73 bits per heavy atom. The van der Waals surface area contributed by atoms with Crippen LogP contribution >= 0.6 is 35.3 Å². The molecule has 0 bridgehead atoms. The van der Waals surface area contributed by atoms with Gasteiger partial charge in [0.05, 0.1) is 18.8 Å². The van der Waals surface area contributed by atoms with Crippen LogP contribution in [0, 0.1) is 0 Å². The number of hydrogen-bond donors (Lipinski definition) is 3. The highest BCUT2D eigenvalue weighted by atomic mass is 32.2. The second-order valence-corrected chi connectivity index (χ2v) is 7.00. The summed E-state index contributed by atoms with van der Waals surface area (Å²) in [5.74, 6) is 4.34. The van der Waals surface area contributed by atoms with Crippen molar-refractivity contribution in [1.29, 1.82) is 0 Å². The number of aliphatic hydroxyl groups is 3. The molecule has 0 aliphatic carbocycles. The van der Waals surface area contributed by atoms with Crippen LogP contribution in [0.25, 0.3) is 0 Å². The summed E-state index contributed by atoms with van der Waals surface area (Å²) < 4.78 is 0. The fraction of sp³-hybridized carbons (Fsp3) is 1.00. The zero-order chi connectivity index (χ0) is 11.1. The third-order valence-electron chi connectivity index (χ3n) is 1.85. The van der Waals surface area contributed by atoms with Gasteiger partial charge in [-0.15, -0.1) is 0 Å². The Morgan fingerprint density at radius 1 is 1.13 bits per heavy atom. The molecule has 0 amide bonds. The van der Waals surface area contributed by atoms with Crippen LogP contribution in [-0.4, -0.2) is 68.1 Å².